The van der Waals surface area contributed by atoms with Gasteiger partial charge in [0.15, 0.2) is 5.75 Å². The quantitative estimate of drug-likeness (QED) is 0.460. The summed E-state index contributed by atoms with van der Waals surface area (Å²) < 4.78 is 30.2. The van der Waals surface area contributed by atoms with E-state index in [1.165, 1.54) is 37.4 Å². The molecule has 0 radical (unpaired) electrons. The summed E-state index contributed by atoms with van der Waals surface area (Å²) in [5.41, 5.74) is 0.227. The highest BCUT2D eigenvalue weighted by Gasteiger charge is 2.44. The summed E-state index contributed by atoms with van der Waals surface area (Å²) in [5, 5.41) is 11.2. The van der Waals surface area contributed by atoms with E-state index in [0.29, 0.717) is 5.56 Å². The summed E-state index contributed by atoms with van der Waals surface area (Å²) in [5.74, 6) is -1.99. The molecule has 26 heavy (non-hydrogen) atoms. The Balaban J connectivity index is 2.14. The lowest BCUT2D eigenvalue weighted by Gasteiger charge is -2.18. The van der Waals surface area contributed by atoms with Crippen molar-refractivity contribution in [3.8, 4) is 11.5 Å². The first-order valence-electron chi connectivity index (χ1n) is 7.92. The average molecular weight is 361 g/mol. The molecule has 0 aromatic heterocycles. The van der Waals surface area contributed by atoms with E-state index >= 15 is 0 Å². The number of ether oxygens (including phenoxy) is 3. The van der Waals surface area contributed by atoms with Gasteiger partial charge in [-0.1, -0.05) is 18.2 Å². The molecule has 2 atom stereocenters. The summed E-state index contributed by atoms with van der Waals surface area (Å²) in [6.07, 6.45) is -0.989. The standard InChI is InChI=1S/C18H16FNO6/c1-3-25-18(21)16-11-8-15(24-2)13(20(22)23)9-14(11)26-17(16)10-6-4-5-7-12(10)19/h4-9,16-17H,3H2,1-2H3. The molecule has 3 rings (SSSR count). The molecule has 2 aromatic carbocycles. The van der Waals surface area contributed by atoms with Crippen LogP contribution in [-0.2, 0) is 9.53 Å². The molecule has 8 heteroatoms. The fraction of sp³-hybridized carbons (Fsp3) is 0.278. The Bertz CT molecular complexity index is 869. The first-order chi connectivity index (χ1) is 12.5. The largest absolute Gasteiger partial charge is 0.490 e. The number of carbonyl (C=O) groups excluding carboxylic acids is 1. The number of rotatable bonds is 5. The number of nitro benzene ring substituents is 1. The Morgan fingerprint density at radius 3 is 2.65 bits per heavy atom. The van der Waals surface area contributed by atoms with Gasteiger partial charge in [0.2, 0.25) is 0 Å². The van der Waals surface area contributed by atoms with Crippen LogP contribution in [0.5, 0.6) is 11.5 Å². The molecule has 0 amide bonds. The molecule has 1 aliphatic rings. The summed E-state index contributed by atoms with van der Waals surface area (Å²) in [6, 6.07) is 8.46. The number of nitro groups is 1. The highest BCUT2D eigenvalue weighted by atomic mass is 19.1. The van der Waals surface area contributed by atoms with E-state index in [9.17, 15) is 19.3 Å². The molecule has 0 saturated heterocycles. The maximum absolute atomic E-state index is 14.3. The van der Waals surface area contributed by atoms with Crippen LogP contribution in [0.4, 0.5) is 10.1 Å². The number of fused-ring (bicyclic) bond motifs is 1. The zero-order chi connectivity index (χ0) is 18.8. The zero-order valence-corrected chi connectivity index (χ0v) is 14.1. The molecular formula is C18H16FNO6. The number of halogens is 1. The van der Waals surface area contributed by atoms with Crippen LogP contribution in [0.1, 0.15) is 30.1 Å². The number of methoxy groups -OCH3 is 1. The summed E-state index contributed by atoms with van der Waals surface area (Å²) in [7, 11) is 1.29. The van der Waals surface area contributed by atoms with Crippen molar-refractivity contribution in [3.63, 3.8) is 0 Å². The molecular weight excluding hydrogens is 345 g/mol. The van der Waals surface area contributed by atoms with Gasteiger partial charge in [-0.2, -0.15) is 0 Å². The second-order valence-corrected chi connectivity index (χ2v) is 5.61. The van der Waals surface area contributed by atoms with Gasteiger partial charge in [-0.05, 0) is 19.1 Å². The third-order valence-electron chi connectivity index (χ3n) is 4.15. The van der Waals surface area contributed by atoms with Crippen LogP contribution in [0.25, 0.3) is 0 Å². The molecule has 0 saturated carbocycles. The van der Waals surface area contributed by atoms with Crippen molar-refractivity contribution < 1.29 is 28.3 Å². The molecule has 136 valence electrons. The van der Waals surface area contributed by atoms with Gasteiger partial charge < -0.3 is 14.2 Å². The number of nitrogens with zero attached hydrogens (tertiary/aromatic N) is 1. The lowest BCUT2D eigenvalue weighted by Crippen LogP contribution is -2.22. The van der Waals surface area contributed by atoms with Gasteiger partial charge in [-0.3, -0.25) is 14.9 Å². The van der Waals surface area contributed by atoms with Crippen molar-refractivity contribution in [2.24, 2.45) is 0 Å². The molecule has 1 aliphatic heterocycles. The summed E-state index contributed by atoms with van der Waals surface area (Å²) >= 11 is 0. The number of hydrogen-bond donors (Lipinski definition) is 0. The predicted octanol–water partition coefficient (Wildman–Crippen LogP) is 3.52. The minimum atomic E-state index is -0.989. The van der Waals surface area contributed by atoms with E-state index in [1.54, 1.807) is 13.0 Å². The summed E-state index contributed by atoms with van der Waals surface area (Å²) in [6.45, 7) is 1.79. The van der Waals surface area contributed by atoms with Crippen molar-refractivity contribution in [2.45, 2.75) is 18.9 Å². The number of carbonyl (C=O) groups is 1. The van der Waals surface area contributed by atoms with Gasteiger partial charge in [0.1, 0.15) is 23.6 Å². The van der Waals surface area contributed by atoms with Gasteiger partial charge in [-0.15, -0.1) is 0 Å². The highest BCUT2D eigenvalue weighted by molar-refractivity contribution is 5.82. The lowest BCUT2D eigenvalue weighted by atomic mass is 9.90. The van der Waals surface area contributed by atoms with Crippen molar-refractivity contribution in [1.29, 1.82) is 0 Å². The number of hydrogen-bond acceptors (Lipinski definition) is 6. The van der Waals surface area contributed by atoms with Crippen LogP contribution in [0.15, 0.2) is 36.4 Å². The number of benzene rings is 2. The van der Waals surface area contributed by atoms with Crippen molar-refractivity contribution >= 4 is 11.7 Å². The van der Waals surface area contributed by atoms with Crippen molar-refractivity contribution in [1.82, 2.24) is 0 Å². The fourth-order valence-electron chi connectivity index (χ4n) is 3.02. The fourth-order valence-corrected chi connectivity index (χ4v) is 3.02. The Morgan fingerprint density at radius 2 is 2.04 bits per heavy atom. The van der Waals surface area contributed by atoms with Crippen LogP contribution in [0.2, 0.25) is 0 Å². The molecule has 0 spiro atoms. The van der Waals surface area contributed by atoms with Gasteiger partial charge in [0.25, 0.3) is 0 Å². The van der Waals surface area contributed by atoms with Crippen molar-refractivity contribution in [2.75, 3.05) is 13.7 Å². The van der Waals surface area contributed by atoms with E-state index in [2.05, 4.69) is 0 Å². The van der Waals surface area contributed by atoms with Crippen molar-refractivity contribution in [3.05, 3.63) is 63.5 Å². The molecule has 7 nitrogen and oxygen atoms in total. The Kier molecular flexibility index (Phi) is 4.75. The summed E-state index contributed by atoms with van der Waals surface area (Å²) in [4.78, 5) is 23.1. The molecule has 1 heterocycles. The maximum Gasteiger partial charge on any atom is 0.317 e. The molecule has 0 bridgehead atoms. The highest BCUT2D eigenvalue weighted by Crippen LogP contribution is 2.50. The van der Waals surface area contributed by atoms with Gasteiger partial charge in [0, 0.05) is 11.1 Å². The minimum absolute atomic E-state index is 0.0131. The van der Waals surface area contributed by atoms with Crippen LogP contribution in [-0.4, -0.2) is 24.6 Å². The minimum Gasteiger partial charge on any atom is -0.490 e. The second kappa shape index (κ2) is 6.99. The van der Waals surface area contributed by atoms with Gasteiger partial charge in [-0.25, -0.2) is 4.39 Å². The van der Waals surface area contributed by atoms with E-state index in [-0.39, 0.29) is 29.4 Å². The maximum atomic E-state index is 14.3. The third-order valence-corrected chi connectivity index (χ3v) is 4.15. The smallest absolute Gasteiger partial charge is 0.317 e. The molecule has 0 fully saturated rings. The van der Waals surface area contributed by atoms with Crippen LogP contribution < -0.4 is 9.47 Å². The molecule has 2 aromatic rings. The van der Waals surface area contributed by atoms with E-state index in [0.717, 1.165) is 0 Å². The van der Waals surface area contributed by atoms with E-state index in [4.69, 9.17) is 14.2 Å². The topological polar surface area (TPSA) is 87.9 Å². The second-order valence-electron chi connectivity index (χ2n) is 5.61. The molecule has 0 aliphatic carbocycles. The SMILES string of the molecule is CCOC(=O)C1c2cc(OC)c([N+](=O)[O-])cc2OC1c1ccccc1F. The predicted molar refractivity (Wildman–Crippen MR) is 88.8 cm³/mol. The Morgan fingerprint density at radius 1 is 1.31 bits per heavy atom. The lowest BCUT2D eigenvalue weighted by molar-refractivity contribution is -0.385. The van der Waals surface area contributed by atoms with Crippen LogP contribution in [0.3, 0.4) is 0 Å². The van der Waals surface area contributed by atoms with Gasteiger partial charge in [0.05, 0.1) is 24.7 Å². The van der Waals surface area contributed by atoms with E-state index in [1.807, 2.05) is 0 Å². The van der Waals surface area contributed by atoms with Crippen LogP contribution >= 0.6 is 0 Å². The first kappa shape index (κ1) is 17.7. The Labute approximate surface area is 148 Å². The third kappa shape index (κ3) is 2.94. The van der Waals surface area contributed by atoms with Crippen LogP contribution in [0, 0.1) is 15.9 Å². The monoisotopic (exact) mass is 361 g/mol. The number of esters is 1. The zero-order valence-electron chi connectivity index (χ0n) is 14.1. The van der Waals surface area contributed by atoms with E-state index < -0.39 is 28.7 Å². The average Bonchev–Trinajstić information content (AvgIpc) is 2.99. The normalized spacial score (nSPS) is 18.0. The Hall–Kier alpha value is -3.16. The van der Waals surface area contributed by atoms with Gasteiger partial charge >= 0.3 is 11.7 Å². The molecule has 2 unspecified atom stereocenters. The first-order valence-corrected chi connectivity index (χ1v) is 7.92. The molecule has 0 N–H and O–H groups in total.